The third-order valence-corrected chi connectivity index (χ3v) is 4.60. The molecule has 2 rings (SSSR count). The predicted octanol–water partition coefficient (Wildman–Crippen LogP) is 2.41. The molecule has 0 bridgehead atoms. The summed E-state index contributed by atoms with van der Waals surface area (Å²) in [6, 6.07) is 0. The highest BCUT2D eigenvalue weighted by molar-refractivity contribution is 8.00. The fourth-order valence-corrected chi connectivity index (χ4v) is 3.84. The lowest BCUT2D eigenvalue weighted by atomic mass is 10.0. The van der Waals surface area contributed by atoms with Gasteiger partial charge in [-0.05, 0) is 25.8 Å². The molecule has 0 unspecified atom stereocenters. The van der Waals surface area contributed by atoms with Gasteiger partial charge >= 0.3 is 0 Å². The van der Waals surface area contributed by atoms with Gasteiger partial charge in [0.05, 0.1) is 0 Å². The van der Waals surface area contributed by atoms with E-state index < -0.39 is 0 Å². The molecule has 1 saturated carbocycles. The molecule has 1 N–H and O–H groups in total. The van der Waals surface area contributed by atoms with Crippen molar-refractivity contribution in [2.24, 2.45) is 0 Å². The van der Waals surface area contributed by atoms with Gasteiger partial charge in [0.1, 0.15) is 0 Å². The molecule has 70 valence electrons. The summed E-state index contributed by atoms with van der Waals surface area (Å²) in [5.74, 6) is 0. The van der Waals surface area contributed by atoms with Crippen LogP contribution in [0.3, 0.4) is 0 Å². The van der Waals surface area contributed by atoms with Crippen molar-refractivity contribution in [1.29, 1.82) is 0 Å². The standard InChI is InChI=1S/C10H19NS/c1-2-4-9(5-3-1)12-10-6-7-11-8-10/h9-11H,1-8H2/t10-/m1/s1. The van der Waals surface area contributed by atoms with E-state index in [1.165, 1.54) is 51.6 Å². The zero-order valence-corrected chi connectivity index (χ0v) is 8.54. The highest BCUT2D eigenvalue weighted by Gasteiger charge is 2.21. The predicted molar refractivity (Wildman–Crippen MR) is 55.7 cm³/mol. The van der Waals surface area contributed by atoms with E-state index in [2.05, 4.69) is 17.1 Å². The zero-order chi connectivity index (χ0) is 8.23. The minimum atomic E-state index is 0.938. The SMILES string of the molecule is C1CCC(S[C@@H]2CCNC2)CC1. The Morgan fingerprint density at radius 2 is 1.75 bits per heavy atom. The molecule has 1 saturated heterocycles. The second kappa shape index (κ2) is 4.52. The molecular formula is C10H19NS. The number of thioether (sulfide) groups is 1. The maximum absolute atomic E-state index is 3.44. The molecule has 2 fully saturated rings. The van der Waals surface area contributed by atoms with Gasteiger partial charge in [-0.25, -0.2) is 0 Å². The molecule has 0 aromatic carbocycles. The van der Waals surface area contributed by atoms with Crippen molar-refractivity contribution in [2.75, 3.05) is 13.1 Å². The molecule has 1 atom stereocenters. The van der Waals surface area contributed by atoms with Crippen molar-refractivity contribution in [2.45, 2.75) is 49.0 Å². The Hall–Kier alpha value is 0.310. The summed E-state index contributed by atoms with van der Waals surface area (Å²) < 4.78 is 0. The topological polar surface area (TPSA) is 12.0 Å². The molecule has 0 amide bonds. The molecule has 1 aliphatic carbocycles. The molecular weight excluding hydrogens is 166 g/mol. The second-order valence-electron chi connectivity index (χ2n) is 4.01. The van der Waals surface area contributed by atoms with Crippen molar-refractivity contribution < 1.29 is 0 Å². The van der Waals surface area contributed by atoms with Crippen LogP contribution in [0.5, 0.6) is 0 Å². The number of hydrogen-bond acceptors (Lipinski definition) is 2. The van der Waals surface area contributed by atoms with Gasteiger partial charge in [-0.15, -0.1) is 0 Å². The van der Waals surface area contributed by atoms with E-state index in [0.717, 1.165) is 10.5 Å². The Kier molecular flexibility index (Phi) is 3.35. The van der Waals surface area contributed by atoms with E-state index >= 15 is 0 Å². The quantitative estimate of drug-likeness (QED) is 0.709. The van der Waals surface area contributed by atoms with E-state index in [1.54, 1.807) is 0 Å². The smallest absolute Gasteiger partial charge is 0.0187 e. The van der Waals surface area contributed by atoms with Crippen molar-refractivity contribution in [3.63, 3.8) is 0 Å². The third kappa shape index (κ3) is 2.40. The van der Waals surface area contributed by atoms with Gasteiger partial charge in [0, 0.05) is 17.0 Å². The van der Waals surface area contributed by atoms with E-state index in [-0.39, 0.29) is 0 Å². The van der Waals surface area contributed by atoms with E-state index in [1.807, 2.05) is 0 Å². The fraction of sp³-hybridized carbons (Fsp3) is 1.00. The molecule has 2 aliphatic rings. The Labute approximate surface area is 79.7 Å². The first-order valence-electron chi connectivity index (χ1n) is 5.31. The number of hydrogen-bond donors (Lipinski definition) is 1. The minimum absolute atomic E-state index is 0.938. The van der Waals surface area contributed by atoms with Crippen LogP contribution in [0, 0.1) is 0 Å². The molecule has 0 aromatic heterocycles. The molecule has 0 aromatic rings. The first-order chi connectivity index (χ1) is 5.95. The Morgan fingerprint density at radius 3 is 2.42 bits per heavy atom. The Morgan fingerprint density at radius 1 is 0.917 bits per heavy atom. The lowest BCUT2D eigenvalue weighted by Crippen LogP contribution is -2.16. The molecule has 0 radical (unpaired) electrons. The molecule has 1 aliphatic heterocycles. The van der Waals surface area contributed by atoms with Crippen molar-refractivity contribution in [3.05, 3.63) is 0 Å². The Bertz CT molecular complexity index is 126. The van der Waals surface area contributed by atoms with Gasteiger partial charge < -0.3 is 5.32 Å². The molecule has 1 heterocycles. The van der Waals surface area contributed by atoms with Crippen molar-refractivity contribution in [3.8, 4) is 0 Å². The van der Waals surface area contributed by atoms with Crippen molar-refractivity contribution >= 4 is 11.8 Å². The van der Waals surface area contributed by atoms with Gasteiger partial charge in [0.15, 0.2) is 0 Å². The average Bonchev–Trinajstić information content (AvgIpc) is 2.59. The summed E-state index contributed by atoms with van der Waals surface area (Å²) >= 11 is 2.27. The maximum Gasteiger partial charge on any atom is 0.0187 e. The van der Waals surface area contributed by atoms with E-state index in [4.69, 9.17) is 0 Å². The van der Waals surface area contributed by atoms with Gasteiger partial charge in [-0.1, -0.05) is 19.3 Å². The Balaban J connectivity index is 1.69. The van der Waals surface area contributed by atoms with Gasteiger partial charge in [-0.2, -0.15) is 11.8 Å². The first-order valence-corrected chi connectivity index (χ1v) is 6.25. The van der Waals surface area contributed by atoms with Crippen LogP contribution in [0.15, 0.2) is 0 Å². The summed E-state index contributed by atoms with van der Waals surface area (Å²) in [7, 11) is 0. The highest BCUT2D eigenvalue weighted by Crippen LogP contribution is 2.32. The molecule has 1 nitrogen and oxygen atoms in total. The first kappa shape index (κ1) is 8.89. The van der Waals surface area contributed by atoms with Crippen LogP contribution in [-0.4, -0.2) is 23.6 Å². The maximum atomic E-state index is 3.44. The van der Waals surface area contributed by atoms with Crippen LogP contribution in [0.1, 0.15) is 38.5 Å². The summed E-state index contributed by atoms with van der Waals surface area (Å²) in [5.41, 5.74) is 0. The third-order valence-electron chi connectivity index (χ3n) is 2.95. The van der Waals surface area contributed by atoms with Crippen LogP contribution in [0.4, 0.5) is 0 Å². The monoisotopic (exact) mass is 185 g/mol. The van der Waals surface area contributed by atoms with E-state index in [9.17, 15) is 0 Å². The minimum Gasteiger partial charge on any atom is -0.316 e. The largest absolute Gasteiger partial charge is 0.316 e. The fourth-order valence-electron chi connectivity index (χ4n) is 2.22. The van der Waals surface area contributed by atoms with Crippen LogP contribution in [-0.2, 0) is 0 Å². The van der Waals surface area contributed by atoms with Gasteiger partial charge in [0.2, 0.25) is 0 Å². The molecule has 0 spiro atoms. The summed E-state index contributed by atoms with van der Waals surface area (Å²) in [6.45, 7) is 2.52. The number of rotatable bonds is 2. The van der Waals surface area contributed by atoms with Crippen LogP contribution in [0.2, 0.25) is 0 Å². The van der Waals surface area contributed by atoms with Crippen LogP contribution < -0.4 is 5.32 Å². The van der Waals surface area contributed by atoms with Gasteiger partial charge in [0.25, 0.3) is 0 Å². The summed E-state index contributed by atoms with van der Waals surface area (Å²) in [5, 5.41) is 5.38. The zero-order valence-electron chi connectivity index (χ0n) is 7.72. The van der Waals surface area contributed by atoms with Gasteiger partial charge in [-0.3, -0.25) is 0 Å². The van der Waals surface area contributed by atoms with Crippen molar-refractivity contribution in [1.82, 2.24) is 5.32 Å². The number of nitrogens with one attached hydrogen (secondary N) is 1. The molecule has 2 heteroatoms. The van der Waals surface area contributed by atoms with Crippen LogP contribution in [0.25, 0.3) is 0 Å². The lowest BCUT2D eigenvalue weighted by molar-refractivity contribution is 0.515. The normalized spacial score (nSPS) is 32.5. The van der Waals surface area contributed by atoms with E-state index in [0.29, 0.717) is 0 Å². The lowest BCUT2D eigenvalue weighted by Gasteiger charge is -2.23. The summed E-state index contributed by atoms with van der Waals surface area (Å²) in [6.07, 6.45) is 8.83. The summed E-state index contributed by atoms with van der Waals surface area (Å²) in [4.78, 5) is 0. The average molecular weight is 185 g/mol. The second-order valence-corrected chi connectivity index (χ2v) is 5.62. The molecule has 12 heavy (non-hydrogen) atoms. The highest BCUT2D eigenvalue weighted by atomic mass is 32.2. The van der Waals surface area contributed by atoms with Crippen LogP contribution >= 0.6 is 11.8 Å².